The van der Waals surface area contributed by atoms with Crippen molar-refractivity contribution in [3.63, 3.8) is 0 Å². The van der Waals surface area contributed by atoms with Crippen molar-refractivity contribution in [2.45, 2.75) is 6.92 Å². The zero-order chi connectivity index (χ0) is 19.1. The topological polar surface area (TPSA) is 78.4 Å². The first-order chi connectivity index (χ1) is 13.7. The van der Waals surface area contributed by atoms with Gasteiger partial charge >= 0.3 is 5.97 Å². The average molecular weight is 370 g/mol. The summed E-state index contributed by atoms with van der Waals surface area (Å²) in [5, 5.41) is 0. The van der Waals surface area contributed by atoms with Crippen LogP contribution < -0.4 is 4.74 Å². The summed E-state index contributed by atoms with van der Waals surface area (Å²) in [6, 6.07) is 20.3. The van der Waals surface area contributed by atoms with Crippen LogP contribution in [0.2, 0.25) is 0 Å². The molecule has 6 heteroatoms. The molecule has 6 nitrogen and oxygen atoms in total. The van der Waals surface area contributed by atoms with Crippen LogP contribution in [-0.2, 0) is 4.79 Å². The minimum atomic E-state index is -0.418. The predicted molar refractivity (Wildman–Crippen MR) is 104 cm³/mol. The van der Waals surface area contributed by atoms with Crippen LogP contribution in [0.3, 0.4) is 0 Å². The fraction of sp³-hybridized carbons (Fsp3) is 0.0455. The van der Waals surface area contributed by atoms with E-state index in [9.17, 15) is 4.79 Å². The molecule has 0 unspecified atom stereocenters. The predicted octanol–water partition coefficient (Wildman–Crippen LogP) is 5.23. The van der Waals surface area contributed by atoms with Crippen molar-refractivity contribution in [3.8, 4) is 28.7 Å². The number of fused-ring (bicyclic) bond motifs is 2. The number of nitrogens with zero attached hydrogens (tertiary/aromatic N) is 2. The molecule has 0 aliphatic heterocycles. The second-order valence-electron chi connectivity index (χ2n) is 6.31. The highest BCUT2D eigenvalue weighted by molar-refractivity contribution is 5.80. The average Bonchev–Trinajstić information content (AvgIpc) is 3.31. The summed E-state index contributed by atoms with van der Waals surface area (Å²) in [4.78, 5) is 20.5. The Morgan fingerprint density at radius 1 is 0.786 bits per heavy atom. The molecule has 0 N–H and O–H groups in total. The van der Waals surface area contributed by atoms with Gasteiger partial charge < -0.3 is 13.6 Å². The van der Waals surface area contributed by atoms with Crippen molar-refractivity contribution in [2.24, 2.45) is 0 Å². The zero-order valence-electron chi connectivity index (χ0n) is 14.9. The van der Waals surface area contributed by atoms with E-state index in [4.69, 9.17) is 13.6 Å². The van der Waals surface area contributed by atoms with Gasteiger partial charge in [-0.1, -0.05) is 24.3 Å². The maximum absolute atomic E-state index is 11.5. The van der Waals surface area contributed by atoms with Crippen molar-refractivity contribution in [1.29, 1.82) is 0 Å². The van der Waals surface area contributed by atoms with Gasteiger partial charge in [0.1, 0.15) is 16.8 Å². The molecule has 2 heterocycles. The van der Waals surface area contributed by atoms with Gasteiger partial charge in [-0.15, -0.1) is 0 Å². The number of ether oxygens (including phenoxy) is 1. The molecule has 3 aromatic carbocycles. The van der Waals surface area contributed by atoms with Crippen molar-refractivity contribution in [3.05, 3.63) is 66.7 Å². The first kappa shape index (κ1) is 16.3. The summed E-state index contributed by atoms with van der Waals surface area (Å²) >= 11 is 0. The van der Waals surface area contributed by atoms with E-state index in [1.165, 1.54) is 6.92 Å². The molecule has 0 radical (unpaired) electrons. The van der Waals surface area contributed by atoms with Gasteiger partial charge in [-0.25, -0.2) is 9.97 Å². The monoisotopic (exact) mass is 370 g/mol. The lowest BCUT2D eigenvalue weighted by Gasteiger charge is -2.06. The normalized spacial score (nSPS) is 11.2. The van der Waals surface area contributed by atoms with E-state index in [0.717, 1.165) is 11.0 Å². The summed E-state index contributed by atoms with van der Waals surface area (Å²) in [5.74, 6) is 0.794. The number of benzene rings is 3. The Kier molecular flexibility index (Phi) is 3.69. The van der Waals surface area contributed by atoms with Crippen molar-refractivity contribution in [2.75, 3.05) is 0 Å². The minimum absolute atomic E-state index is 0.365. The fourth-order valence-electron chi connectivity index (χ4n) is 3.06. The summed E-state index contributed by atoms with van der Waals surface area (Å²) in [6.07, 6.45) is 0. The third-order valence-corrected chi connectivity index (χ3v) is 4.25. The molecule has 0 saturated heterocycles. The summed E-state index contributed by atoms with van der Waals surface area (Å²) in [5.41, 5.74) is 4.18. The molecule has 28 heavy (non-hydrogen) atoms. The number of oxazole rings is 2. The molecule has 5 rings (SSSR count). The number of hydrogen-bond acceptors (Lipinski definition) is 6. The number of para-hydroxylation sites is 4. The number of carbonyl (C=O) groups excluding carboxylic acids is 1. The lowest BCUT2D eigenvalue weighted by atomic mass is 10.1. The molecule has 2 aromatic heterocycles. The van der Waals surface area contributed by atoms with E-state index in [1.807, 2.05) is 54.6 Å². The van der Waals surface area contributed by atoms with E-state index >= 15 is 0 Å². The maximum Gasteiger partial charge on any atom is 0.308 e. The minimum Gasteiger partial charge on any atom is -0.436 e. The Labute approximate surface area is 159 Å². The summed E-state index contributed by atoms with van der Waals surface area (Å²) in [7, 11) is 0. The Morgan fingerprint density at radius 2 is 1.29 bits per heavy atom. The van der Waals surface area contributed by atoms with Gasteiger partial charge in [0, 0.05) is 18.1 Å². The van der Waals surface area contributed by atoms with Gasteiger partial charge in [-0.2, -0.15) is 0 Å². The summed E-state index contributed by atoms with van der Waals surface area (Å²) < 4.78 is 17.0. The van der Waals surface area contributed by atoms with Gasteiger partial charge in [0.15, 0.2) is 11.2 Å². The zero-order valence-corrected chi connectivity index (χ0v) is 14.9. The first-order valence-electron chi connectivity index (χ1n) is 8.71. The van der Waals surface area contributed by atoms with Gasteiger partial charge in [-0.3, -0.25) is 4.79 Å². The summed E-state index contributed by atoms with van der Waals surface area (Å²) in [6.45, 7) is 1.35. The van der Waals surface area contributed by atoms with E-state index in [1.54, 1.807) is 12.1 Å². The van der Waals surface area contributed by atoms with Crippen LogP contribution in [0.15, 0.2) is 75.6 Å². The van der Waals surface area contributed by atoms with Gasteiger partial charge in [-0.05, 0) is 42.5 Å². The van der Waals surface area contributed by atoms with Crippen LogP contribution >= 0.6 is 0 Å². The lowest BCUT2D eigenvalue weighted by molar-refractivity contribution is -0.131. The van der Waals surface area contributed by atoms with Crippen LogP contribution in [-0.4, -0.2) is 15.9 Å². The van der Waals surface area contributed by atoms with Gasteiger partial charge in [0.05, 0.1) is 0 Å². The van der Waals surface area contributed by atoms with Gasteiger partial charge in [0.2, 0.25) is 11.8 Å². The molecule has 0 amide bonds. The Morgan fingerprint density at radius 3 is 1.75 bits per heavy atom. The third kappa shape index (κ3) is 2.91. The Balaban J connectivity index is 1.68. The van der Waals surface area contributed by atoms with E-state index < -0.39 is 5.97 Å². The number of hydrogen-bond donors (Lipinski definition) is 0. The number of rotatable bonds is 3. The molecule has 136 valence electrons. The van der Waals surface area contributed by atoms with Crippen LogP contribution in [0, 0.1) is 0 Å². The highest BCUT2D eigenvalue weighted by atomic mass is 16.5. The van der Waals surface area contributed by atoms with Crippen molar-refractivity contribution < 1.29 is 18.4 Å². The molecule has 0 fully saturated rings. The SMILES string of the molecule is CC(=O)Oc1cc(-c2nc3ccccc3o2)cc(-c2nc3ccccc3o2)c1. The molecular formula is C22H14N2O4. The number of aromatic nitrogens is 2. The molecule has 0 aliphatic rings. The number of esters is 1. The van der Waals surface area contributed by atoms with Crippen LogP contribution in [0.5, 0.6) is 5.75 Å². The quantitative estimate of drug-likeness (QED) is 0.320. The first-order valence-corrected chi connectivity index (χ1v) is 8.71. The molecule has 0 spiro atoms. The molecule has 0 saturated carbocycles. The van der Waals surface area contributed by atoms with Crippen molar-refractivity contribution in [1.82, 2.24) is 9.97 Å². The lowest BCUT2D eigenvalue weighted by Crippen LogP contribution is -2.01. The molecular weight excluding hydrogens is 356 g/mol. The standard InChI is InChI=1S/C22H14N2O4/c1-13(25)26-16-11-14(21-23-17-6-2-4-8-19(17)27-21)10-15(12-16)22-24-18-7-3-5-9-20(18)28-22/h2-12H,1H3. The molecule has 0 aliphatic carbocycles. The van der Waals surface area contributed by atoms with Crippen LogP contribution in [0.25, 0.3) is 45.1 Å². The van der Waals surface area contributed by atoms with Crippen molar-refractivity contribution >= 4 is 28.2 Å². The van der Waals surface area contributed by atoms with Crippen LogP contribution in [0.1, 0.15) is 6.92 Å². The molecule has 0 bridgehead atoms. The molecule has 0 atom stereocenters. The second-order valence-corrected chi connectivity index (χ2v) is 6.31. The third-order valence-electron chi connectivity index (χ3n) is 4.25. The highest BCUT2D eigenvalue weighted by Gasteiger charge is 2.15. The van der Waals surface area contributed by atoms with E-state index in [0.29, 0.717) is 39.8 Å². The Bertz CT molecular complexity index is 1170. The van der Waals surface area contributed by atoms with E-state index in [2.05, 4.69) is 9.97 Å². The van der Waals surface area contributed by atoms with E-state index in [-0.39, 0.29) is 0 Å². The molecule has 5 aromatic rings. The second kappa shape index (κ2) is 6.35. The highest BCUT2D eigenvalue weighted by Crippen LogP contribution is 2.33. The smallest absolute Gasteiger partial charge is 0.308 e. The largest absolute Gasteiger partial charge is 0.436 e. The van der Waals surface area contributed by atoms with Crippen LogP contribution in [0.4, 0.5) is 0 Å². The fourth-order valence-corrected chi connectivity index (χ4v) is 3.06. The number of carbonyl (C=O) groups is 1. The van der Waals surface area contributed by atoms with Gasteiger partial charge in [0.25, 0.3) is 0 Å². The Hall–Kier alpha value is -3.93. The maximum atomic E-state index is 11.5.